The van der Waals surface area contributed by atoms with Gasteiger partial charge in [0.1, 0.15) is 0 Å². The van der Waals surface area contributed by atoms with Crippen LogP contribution in [-0.2, 0) is 9.84 Å². The van der Waals surface area contributed by atoms with Crippen molar-refractivity contribution in [2.45, 2.75) is 38.1 Å². The monoisotopic (exact) mass is 323 g/mol. The average Bonchev–Trinajstić information content (AvgIpc) is 2.35. The SMILES string of the molecule is CC(C)C(C)(C)CNc1ccc(S(=O)(=O)C(F)(F)F)cc1. The highest BCUT2D eigenvalue weighted by Gasteiger charge is 2.46. The van der Waals surface area contributed by atoms with E-state index < -0.39 is 20.2 Å². The van der Waals surface area contributed by atoms with Gasteiger partial charge in [0, 0.05) is 12.2 Å². The van der Waals surface area contributed by atoms with E-state index >= 15 is 0 Å². The molecule has 1 aromatic rings. The van der Waals surface area contributed by atoms with Gasteiger partial charge < -0.3 is 5.32 Å². The van der Waals surface area contributed by atoms with Crippen molar-refractivity contribution in [1.29, 1.82) is 0 Å². The van der Waals surface area contributed by atoms with Gasteiger partial charge in [-0.05, 0) is 35.6 Å². The zero-order chi connectivity index (χ0) is 16.5. The number of hydrogen-bond donors (Lipinski definition) is 1. The minimum Gasteiger partial charge on any atom is -0.384 e. The van der Waals surface area contributed by atoms with E-state index in [2.05, 4.69) is 33.0 Å². The maximum Gasteiger partial charge on any atom is 0.501 e. The van der Waals surface area contributed by atoms with Gasteiger partial charge in [-0.2, -0.15) is 13.2 Å². The molecule has 0 aliphatic heterocycles. The zero-order valence-electron chi connectivity index (χ0n) is 12.5. The third kappa shape index (κ3) is 4.12. The predicted octanol–water partition coefficient (Wildman–Crippen LogP) is 4.07. The van der Waals surface area contributed by atoms with Crippen LogP contribution in [0.3, 0.4) is 0 Å². The molecule has 0 unspecified atom stereocenters. The Morgan fingerprint density at radius 1 is 1.10 bits per heavy atom. The Morgan fingerprint density at radius 3 is 1.95 bits per heavy atom. The van der Waals surface area contributed by atoms with Gasteiger partial charge in [0.2, 0.25) is 0 Å². The highest BCUT2D eigenvalue weighted by molar-refractivity contribution is 7.92. The summed E-state index contributed by atoms with van der Waals surface area (Å²) in [4.78, 5) is -0.747. The average molecular weight is 323 g/mol. The first-order chi connectivity index (χ1) is 9.38. The van der Waals surface area contributed by atoms with E-state index in [-0.39, 0.29) is 5.41 Å². The Balaban J connectivity index is 2.86. The number of halogens is 3. The molecule has 0 bridgehead atoms. The fourth-order valence-corrected chi connectivity index (χ4v) is 2.18. The molecule has 0 atom stereocenters. The predicted molar refractivity (Wildman–Crippen MR) is 76.8 cm³/mol. The van der Waals surface area contributed by atoms with Crippen molar-refractivity contribution in [2.75, 3.05) is 11.9 Å². The Labute approximate surface area is 123 Å². The molecule has 0 aliphatic rings. The van der Waals surface area contributed by atoms with Gasteiger partial charge in [-0.15, -0.1) is 0 Å². The summed E-state index contributed by atoms with van der Waals surface area (Å²) in [6, 6.07) is 4.62. The van der Waals surface area contributed by atoms with Crippen LogP contribution in [0.25, 0.3) is 0 Å². The topological polar surface area (TPSA) is 46.2 Å². The number of sulfone groups is 1. The number of anilines is 1. The lowest BCUT2D eigenvalue weighted by Gasteiger charge is -2.29. The van der Waals surface area contributed by atoms with Crippen LogP contribution in [0.15, 0.2) is 29.2 Å². The normalized spacial score (nSPS) is 13.5. The molecule has 1 aromatic carbocycles. The van der Waals surface area contributed by atoms with Crippen LogP contribution in [0.4, 0.5) is 18.9 Å². The number of nitrogens with one attached hydrogen (secondary N) is 1. The van der Waals surface area contributed by atoms with E-state index in [1.165, 1.54) is 12.1 Å². The summed E-state index contributed by atoms with van der Waals surface area (Å²) in [5, 5.41) is 3.11. The molecule has 0 radical (unpaired) electrons. The molecule has 0 saturated carbocycles. The standard InChI is InChI=1S/C14H20F3NO2S/c1-10(2)13(3,4)9-18-11-5-7-12(8-6-11)21(19,20)14(15,16)17/h5-8,10,18H,9H2,1-4H3. The molecule has 120 valence electrons. The first-order valence-corrected chi connectivity index (χ1v) is 8.01. The Hall–Kier alpha value is -1.24. The van der Waals surface area contributed by atoms with Crippen LogP contribution in [0.1, 0.15) is 27.7 Å². The van der Waals surface area contributed by atoms with Crippen molar-refractivity contribution in [1.82, 2.24) is 0 Å². The lowest BCUT2D eigenvalue weighted by atomic mass is 9.81. The van der Waals surface area contributed by atoms with Crippen LogP contribution in [0, 0.1) is 11.3 Å². The lowest BCUT2D eigenvalue weighted by Crippen LogP contribution is -2.28. The van der Waals surface area contributed by atoms with E-state index in [1.807, 2.05) is 0 Å². The highest BCUT2D eigenvalue weighted by atomic mass is 32.2. The van der Waals surface area contributed by atoms with E-state index in [1.54, 1.807) is 0 Å². The molecule has 0 heterocycles. The van der Waals surface area contributed by atoms with Gasteiger partial charge in [-0.1, -0.05) is 27.7 Å². The Kier molecular flexibility index (Phi) is 4.98. The molecule has 0 aromatic heterocycles. The molecule has 7 heteroatoms. The van der Waals surface area contributed by atoms with Crippen molar-refractivity contribution in [3.63, 3.8) is 0 Å². The van der Waals surface area contributed by atoms with Gasteiger partial charge >= 0.3 is 5.51 Å². The molecule has 0 fully saturated rings. The van der Waals surface area contributed by atoms with E-state index in [0.29, 0.717) is 18.2 Å². The third-order valence-corrected chi connectivity index (χ3v) is 5.28. The maximum atomic E-state index is 12.4. The molecule has 1 rings (SSSR count). The molecule has 0 amide bonds. The first kappa shape index (κ1) is 17.8. The molecule has 0 aliphatic carbocycles. The van der Waals surface area contributed by atoms with Gasteiger partial charge in [0.05, 0.1) is 4.90 Å². The van der Waals surface area contributed by atoms with Crippen LogP contribution >= 0.6 is 0 Å². The van der Waals surface area contributed by atoms with Crippen LogP contribution in [0.5, 0.6) is 0 Å². The second kappa shape index (κ2) is 5.87. The largest absolute Gasteiger partial charge is 0.501 e. The summed E-state index contributed by atoms with van der Waals surface area (Å²) in [6.45, 7) is 8.96. The maximum absolute atomic E-state index is 12.4. The summed E-state index contributed by atoms with van der Waals surface area (Å²) in [5.41, 5.74) is -4.68. The van der Waals surface area contributed by atoms with Crippen molar-refractivity contribution in [2.24, 2.45) is 11.3 Å². The second-order valence-electron chi connectivity index (χ2n) is 5.97. The Morgan fingerprint density at radius 2 is 1.57 bits per heavy atom. The number of benzene rings is 1. The minimum absolute atomic E-state index is 0.0106. The summed E-state index contributed by atoms with van der Waals surface area (Å²) >= 11 is 0. The van der Waals surface area contributed by atoms with E-state index in [4.69, 9.17) is 0 Å². The van der Waals surface area contributed by atoms with Crippen molar-refractivity contribution in [3.8, 4) is 0 Å². The fourth-order valence-electron chi connectivity index (χ4n) is 1.42. The molecule has 0 saturated heterocycles. The summed E-state index contributed by atoms with van der Waals surface area (Å²) in [5.74, 6) is 0.426. The van der Waals surface area contributed by atoms with E-state index in [9.17, 15) is 21.6 Å². The zero-order valence-corrected chi connectivity index (χ0v) is 13.3. The van der Waals surface area contributed by atoms with Crippen LogP contribution in [-0.4, -0.2) is 20.5 Å². The van der Waals surface area contributed by atoms with Gasteiger partial charge in [-0.25, -0.2) is 8.42 Å². The number of alkyl halides is 3. The number of rotatable bonds is 5. The number of hydrogen-bond acceptors (Lipinski definition) is 3. The third-order valence-electron chi connectivity index (χ3n) is 3.78. The quantitative estimate of drug-likeness (QED) is 0.888. The Bertz CT molecular complexity index is 575. The van der Waals surface area contributed by atoms with Crippen molar-refractivity contribution >= 4 is 15.5 Å². The molecular formula is C14H20F3NO2S. The first-order valence-electron chi connectivity index (χ1n) is 6.53. The molecule has 21 heavy (non-hydrogen) atoms. The second-order valence-corrected chi connectivity index (χ2v) is 7.91. The summed E-state index contributed by atoms with van der Waals surface area (Å²) in [7, 11) is -5.28. The highest BCUT2D eigenvalue weighted by Crippen LogP contribution is 2.31. The van der Waals surface area contributed by atoms with Crippen LogP contribution in [0.2, 0.25) is 0 Å². The molecular weight excluding hydrogens is 303 g/mol. The lowest BCUT2D eigenvalue weighted by molar-refractivity contribution is -0.0436. The van der Waals surface area contributed by atoms with Gasteiger partial charge in [0.15, 0.2) is 0 Å². The van der Waals surface area contributed by atoms with Crippen molar-refractivity contribution < 1.29 is 21.6 Å². The molecule has 1 N–H and O–H groups in total. The summed E-state index contributed by atoms with van der Waals surface area (Å²) < 4.78 is 59.7. The van der Waals surface area contributed by atoms with E-state index in [0.717, 1.165) is 12.1 Å². The summed E-state index contributed by atoms with van der Waals surface area (Å²) in [6.07, 6.45) is 0. The van der Waals surface area contributed by atoms with Gasteiger partial charge in [0.25, 0.3) is 9.84 Å². The van der Waals surface area contributed by atoms with Crippen molar-refractivity contribution in [3.05, 3.63) is 24.3 Å². The van der Waals surface area contributed by atoms with Gasteiger partial charge in [-0.3, -0.25) is 0 Å². The minimum atomic E-state index is -5.28. The smallest absolute Gasteiger partial charge is 0.384 e. The molecule has 3 nitrogen and oxygen atoms in total. The fraction of sp³-hybridized carbons (Fsp3) is 0.571. The molecule has 0 spiro atoms. The van der Waals surface area contributed by atoms with Crippen LogP contribution < -0.4 is 5.32 Å².